The number of nitrogens with two attached hydrogens (primary N) is 2. The predicted octanol–water partition coefficient (Wildman–Crippen LogP) is 0.509. The van der Waals surface area contributed by atoms with Gasteiger partial charge in [-0.25, -0.2) is 4.98 Å². The molecule has 0 fully saturated rings. The Hall–Kier alpha value is -2.04. The van der Waals surface area contributed by atoms with Gasteiger partial charge in [-0.15, -0.1) is 0 Å². The molecule has 0 aliphatic carbocycles. The fourth-order valence-electron chi connectivity index (χ4n) is 1.08. The number of aromatic nitrogens is 1. The molecule has 5 nitrogen and oxygen atoms in total. The molecule has 1 aromatic carbocycles. The summed E-state index contributed by atoms with van der Waals surface area (Å²) in [6.07, 6.45) is 0. The Balaban J connectivity index is 2.75. The van der Waals surface area contributed by atoms with Crippen molar-refractivity contribution in [3.63, 3.8) is 0 Å². The van der Waals surface area contributed by atoms with Gasteiger partial charge in [0.15, 0.2) is 5.58 Å². The number of benzene rings is 1. The number of carbonyl (C=O) groups is 1. The number of anilines is 1. The number of hydrogen-bond acceptors (Lipinski definition) is 4. The van der Waals surface area contributed by atoms with E-state index in [1.165, 1.54) is 0 Å². The minimum Gasteiger partial charge on any atom is -0.432 e. The minimum atomic E-state index is -0.699. The molecule has 1 heterocycles. The number of fused-ring (bicyclic) bond motifs is 1. The maximum atomic E-state index is 10.7. The summed E-state index contributed by atoms with van der Waals surface area (Å²) in [4.78, 5) is 14.6. The van der Waals surface area contributed by atoms with Gasteiger partial charge in [0, 0.05) is 0 Å². The summed E-state index contributed by atoms with van der Waals surface area (Å²) in [5.74, 6) is -0.816. The molecule has 0 saturated carbocycles. The lowest BCUT2D eigenvalue weighted by atomic mass is 10.3. The summed E-state index contributed by atoms with van der Waals surface area (Å²) >= 11 is 0. The molecule has 5 heteroatoms. The van der Waals surface area contributed by atoms with Crippen LogP contribution in [0.2, 0.25) is 0 Å². The Labute approximate surface area is 73.3 Å². The fraction of sp³-hybridized carbons (Fsp3) is 0. The lowest BCUT2D eigenvalue weighted by Gasteiger charge is -1.89. The highest BCUT2D eigenvalue weighted by Gasteiger charge is 2.11. The number of primary amides is 1. The average molecular weight is 177 g/mol. The van der Waals surface area contributed by atoms with Crippen LogP contribution in [0, 0.1) is 0 Å². The Bertz CT molecular complexity index is 475. The summed E-state index contributed by atoms with van der Waals surface area (Å²) in [7, 11) is 0. The van der Waals surface area contributed by atoms with E-state index in [0.717, 1.165) is 0 Å². The third kappa shape index (κ3) is 1.10. The highest BCUT2D eigenvalue weighted by Crippen LogP contribution is 2.20. The molecule has 66 valence electrons. The smallest absolute Gasteiger partial charge is 0.304 e. The van der Waals surface area contributed by atoms with Crippen molar-refractivity contribution in [2.24, 2.45) is 5.73 Å². The minimum absolute atomic E-state index is 0.118. The second kappa shape index (κ2) is 2.48. The molecule has 0 atom stereocenters. The number of amides is 1. The fourth-order valence-corrected chi connectivity index (χ4v) is 1.08. The monoisotopic (exact) mass is 177 g/mol. The first-order valence-corrected chi connectivity index (χ1v) is 3.63. The van der Waals surface area contributed by atoms with Gasteiger partial charge in [0.1, 0.15) is 5.52 Å². The summed E-state index contributed by atoms with van der Waals surface area (Å²) in [5.41, 5.74) is 12.0. The summed E-state index contributed by atoms with van der Waals surface area (Å²) < 4.78 is 5.04. The molecule has 0 unspecified atom stereocenters. The maximum Gasteiger partial charge on any atom is 0.304 e. The maximum absolute atomic E-state index is 10.7. The Morgan fingerprint density at radius 1 is 1.46 bits per heavy atom. The molecule has 0 aliphatic rings. The van der Waals surface area contributed by atoms with Gasteiger partial charge in [-0.1, -0.05) is 6.07 Å². The van der Waals surface area contributed by atoms with Crippen LogP contribution >= 0.6 is 0 Å². The lowest BCUT2D eigenvalue weighted by molar-refractivity contribution is 0.0969. The molecule has 0 radical (unpaired) electrons. The lowest BCUT2D eigenvalue weighted by Crippen LogP contribution is -2.10. The second-order valence-corrected chi connectivity index (χ2v) is 2.58. The zero-order chi connectivity index (χ0) is 9.42. The van der Waals surface area contributed by atoms with Gasteiger partial charge in [-0.3, -0.25) is 4.79 Å². The molecule has 0 saturated heterocycles. The van der Waals surface area contributed by atoms with Gasteiger partial charge in [0.2, 0.25) is 0 Å². The number of nitrogen functional groups attached to an aromatic ring is 1. The van der Waals surface area contributed by atoms with Crippen molar-refractivity contribution in [1.29, 1.82) is 0 Å². The normalized spacial score (nSPS) is 10.5. The molecule has 0 spiro atoms. The number of oxazole rings is 1. The molecule has 0 aliphatic heterocycles. The first-order chi connectivity index (χ1) is 6.18. The first kappa shape index (κ1) is 7.60. The molecule has 1 aromatic heterocycles. The van der Waals surface area contributed by atoms with Crippen molar-refractivity contribution in [3.8, 4) is 0 Å². The van der Waals surface area contributed by atoms with Gasteiger partial charge in [0.25, 0.3) is 5.89 Å². The molecule has 1 amide bonds. The summed E-state index contributed by atoms with van der Waals surface area (Å²) in [6.45, 7) is 0. The van der Waals surface area contributed by atoms with E-state index in [1.807, 2.05) is 0 Å². The van der Waals surface area contributed by atoms with Crippen molar-refractivity contribution in [2.75, 3.05) is 5.73 Å². The van der Waals surface area contributed by atoms with E-state index in [-0.39, 0.29) is 5.89 Å². The van der Waals surface area contributed by atoms with Crippen LogP contribution in [0.5, 0.6) is 0 Å². The predicted molar refractivity (Wildman–Crippen MR) is 46.9 cm³/mol. The number of para-hydroxylation sites is 1. The van der Waals surface area contributed by atoms with Crippen LogP contribution in [0.4, 0.5) is 5.69 Å². The van der Waals surface area contributed by atoms with E-state index in [1.54, 1.807) is 18.2 Å². The Morgan fingerprint density at radius 2 is 2.23 bits per heavy atom. The average Bonchev–Trinajstić information content (AvgIpc) is 2.49. The van der Waals surface area contributed by atoms with Crippen LogP contribution in [-0.4, -0.2) is 10.9 Å². The van der Waals surface area contributed by atoms with Crippen LogP contribution in [0.15, 0.2) is 22.6 Å². The largest absolute Gasteiger partial charge is 0.432 e. The Kier molecular flexibility index (Phi) is 1.45. The van der Waals surface area contributed by atoms with Gasteiger partial charge < -0.3 is 15.9 Å². The van der Waals surface area contributed by atoms with Gasteiger partial charge in [0.05, 0.1) is 5.69 Å². The number of hydrogen-bond donors (Lipinski definition) is 2. The molecule has 13 heavy (non-hydrogen) atoms. The number of carbonyl (C=O) groups excluding carboxylic acids is 1. The standard InChI is InChI=1S/C8H7N3O2/c9-4-2-1-3-5-6(4)11-8(13-5)7(10)12/h1-3H,9H2,(H2,10,12). The third-order valence-electron chi connectivity index (χ3n) is 1.66. The molecule has 0 bridgehead atoms. The van der Waals surface area contributed by atoms with Gasteiger partial charge in [-0.05, 0) is 12.1 Å². The molecular formula is C8H7N3O2. The number of nitrogens with zero attached hydrogens (tertiary/aromatic N) is 1. The van der Waals surface area contributed by atoms with Gasteiger partial charge >= 0.3 is 5.91 Å². The van der Waals surface area contributed by atoms with E-state index in [0.29, 0.717) is 16.8 Å². The van der Waals surface area contributed by atoms with Crippen LogP contribution in [0.3, 0.4) is 0 Å². The highest BCUT2D eigenvalue weighted by molar-refractivity contribution is 5.93. The zero-order valence-corrected chi connectivity index (χ0v) is 6.65. The molecular weight excluding hydrogens is 170 g/mol. The van der Waals surface area contributed by atoms with E-state index in [2.05, 4.69) is 4.98 Å². The molecule has 2 rings (SSSR count). The van der Waals surface area contributed by atoms with Crippen molar-refractivity contribution < 1.29 is 9.21 Å². The van der Waals surface area contributed by atoms with Crippen LogP contribution < -0.4 is 11.5 Å². The number of rotatable bonds is 1. The second-order valence-electron chi connectivity index (χ2n) is 2.58. The zero-order valence-electron chi connectivity index (χ0n) is 6.65. The summed E-state index contributed by atoms with van der Waals surface area (Å²) in [5, 5.41) is 0. The van der Waals surface area contributed by atoms with Crippen LogP contribution in [0.1, 0.15) is 10.7 Å². The van der Waals surface area contributed by atoms with Crippen molar-refractivity contribution in [2.45, 2.75) is 0 Å². The van der Waals surface area contributed by atoms with E-state index >= 15 is 0 Å². The highest BCUT2D eigenvalue weighted by atomic mass is 16.4. The summed E-state index contributed by atoms with van der Waals surface area (Å²) in [6, 6.07) is 5.06. The van der Waals surface area contributed by atoms with E-state index < -0.39 is 5.91 Å². The molecule has 4 N–H and O–H groups in total. The van der Waals surface area contributed by atoms with Crippen molar-refractivity contribution in [1.82, 2.24) is 4.98 Å². The SMILES string of the molecule is NC(=O)c1nc2c(N)cccc2o1. The van der Waals surface area contributed by atoms with Crippen LogP contribution in [0.25, 0.3) is 11.1 Å². The van der Waals surface area contributed by atoms with E-state index in [9.17, 15) is 4.79 Å². The Morgan fingerprint density at radius 3 is 2.85 bits per heavy atom. The third-order valence-corrected chi connectivity index (χ3v) is 1.66. The van der Waals surface area contributed by atoms with Gasteiger partial charge in [-0.2, -0.15) is 0 Å². The topological polar surface area (TPSA) is 95.1 Å². The van der Waals surface area contributed by atoms with Crippen LogP contribution in [-0.2, 0) is 0 Å². The molecule has 2 aromatic rings. The van der Waals surface area contributed by atoms with Crippen molar-refractivity contribution >= 4 is 22.7 Å². The van der Waals surface area contributed by atoms with E-state index in [4.69, 9.17) is 15.9 Å². The van der Waals surface area contributed by atoms with Crippen molar-refractivity contribution in [3.05, 3.63) is 24.1 Å². The quantitative estimate of drug-likeness (QED) is 0.620. The first-order valence-electron chi connectivity index (χ1n) is 3.63.